The smallest absolute Gasteiger partial charge is 0.271 e. The van der Waals surface area contributed by atoms with Gasteiger partial charge < -0.3 is 15.0 Å². The maximum atomic E-state index is 12.0. The van der Waals surface area contributed by atoms with Gasteiger partial charge in [-0.2, -0.15) is 0 Å². The van der Waals surface area contributed by atoms with Crippen LogP contribution in [0.5, 0.6) is 0 Å². The van der Waals surface area contributed by atoms with Gasteiger partial charge in [-0.1, -0.05) is 25.6 Å². The van der Waals surface area contributed by atoms with Crippen molar-refractivity contribution < 1.29 is 9.53 Å². The summed E-state index contributed by atoms with van der Waals surface area (Å²) in [7, 11) is 0.176. The highest BCUT2D eigenvalue weighted by atomic mass is 28.3. The van der Waals surface area contributed by atoms with Crippen molar-refractivity contribution in [3.05, 3.63) is 23.5 Å². The van der Waals surface area contributed by atoms with Gasteiger partial charge in [0.1, 0.15) is 8.07 Å². The first-order valence-corrected chi connectivity index (χ1v) is 11.0. The van der Waals surface area contributed by atoms with Crippen molar-refractivity contribution in [1.82, 2.24) is 10.3 Å². The summed E-state index contributed by atoms with van der Waals surface area (Å²) in [6, 6.07) is 1.97. The Morgan fingerprint density at radius 3 is 2.64 bits per heavy atom. The number of amides is 1. The van der Waals surface area contributed by atoms with E-state index in [1.807, 2.05) is 6.07 Å². The Morgan fingerprint density at radius 2 is 2.05 bits per heavy atom. The van der Waals surface area contributed by atoms with E-state index in [2.05, 4.69) is 46.3 Å². The zero-order chi connectivity index (χ0) is 16.2. The number of pyridine rings is 1. The Labute approximate surface area is 133 Å². The van der Waals surface area contributed by atoms with Crippen LogP contribution in [-0.2, 0) is 4.74 Å². The molecular weight excluding hydrogens is 294 g/mol. The Hall–Kier alpha value is -1.84. The molecule has 1 amide bonds. The van der Waals surface area contributed by atoms with Crippen LogP contribution in [0, 0.1) is 11.5 Å². The molecule has 0 spiro atoms. The standard InChI is InChI=1S/C16H23N3O2Si/c1-17-16(20)15-14(19-6-8-21-9-7-19)11-13(12-18-15)5-10-22(2,3)4/h11-12H,6-9H2,1-4H3,(H,17,20). The predicted octanol–water partition coefficient (Wildman–Crippen LogP) is 1.51. The lowest BCUT2D eigenvalue weighted by Gasteiger charge is -2.29. The number of rotatable bonds is 2. The highest BCUT2D eigenvalue weighted by Gasteiger charge is 2.20. The highest BCUT2D eigenvalue weighted by molar-refractivity contribution is 6.83. The molecule has 5 nitrogen and oxygen atoms in total. The van der Waals surface area contributed by atoms with Crippen molar-refractivity contribution in [2.45, 2.75) is 19.6 Å². The molecule has 1 aliphatic heterocycles. The summed E-state index contributed by atoms with van der Waals surface area (Å²) in [5.74, 6) is 3.03. The summed E-state index contributed by atoms with van der Waals surface area (Å²) in [5, 5.41) is 2.65. The number of hydrogen-bond acceptors (Lipinski definition) is 4. The van der Waals surface area contributed by atoms with E-state index in [0.29, 0.717) is 18.9 Å². The summed E-state index contributed by atoms with van der Waals surface area (Å²) in [5.41, 5.74) is 5.48. The number of carbonyl (C=O) groups excluding carboxylic acids is 1. The Bertz CT molecular complexity index is 608. The summed E-state index contributed by atoms with van der Waals surface area (Å²) < 4.78 is 5.39. The molecule has 0 atom stereocenters. The summed E-state index contributed by atoms with van der Waals surface area (Å²) in [6.45, 7) is 9.46. The van der Waals surface area contributed by atoms with Gasteiger partial charge in [0, 0.05) is 31.9 Å². The van der Waals surface area contributed by atoms with Crippen LogP contribution in [0.15, 0.2) is 12.3 Å². The predicted molar refractivity (Wildman–Crippen MR) is 90.9 cm³/mol. The van der Waals surface area contributed by atoms with Crippen molar-refractivity contribution in [2.24, 2.45) is 0 Å². The minimum Gasteiger partial charge on any atom is -0.378 e. The molecule has 1 fully saturated rings. The average molecular weight is 317 g/mol. The lowest BCUT2D eigenvalue weighted by Crippen LogP contribution is -2.38. The van der Waals surface area contributed by atoms with Crippen LogP contribution >= 0.6 is 0 Å². The van der Waals surface area contributed by atoms with Crippen molar-refractivity contribution in [3.63, 3.8) is 0 Å². The zero-order valence-corrected chi connectivity index (χ0v) is 14.7. The molecule has 118 valence electrons. The SMILES string of the molecule is CNC(=O)c1ncc(C#C[Si](C)(C)C)cc1N1CCOCC1. The fourth-order valence-corrected chi connectivity index (χ4v) is 2.64. The van der Waals surface area contributed by atoms with Gasteiger partial charge in [-0.15, -0.1) is 5.54 Å². The second kappa shape index (κ2) is 6.94. The largest absolute Gasteiger partial charge is 0.378 e. The number of nitrogens with zero attached hydrogens (tertiary/aromatic N) is 2. The van der Waals surface area contributed by atoms with Crippen LogP contribution in [0.3, 0.4) is 0 Å². The van der Waals surface area contributed by atoms with E-state index in [1.165, 1.54) is 0 Å². The number of ether oxygens (including phenoxy) is 1. The molecule has 1 aromatic rings. The topological polar surface area (TPSA) is 54.5 Å². The van der Waals surface area contributed by atoms with Crippen molar-refractivity contribution in [3.8, 4) is 11.5 Å². The molecule has 0 bridgehead atoms. The zero-order valence-electron chi connectivity index (χ0n) is 13.7. The molecule has 0 radical (unpaired) electrons. The maximum absolute atomic E-state index is 12.0. The minimum atomic E-state index is -1.44. The van der Waals surface area contributed by atoms with Gasteiger partial charge in [0.25, 0.3) is 5.91 Å². The van der Waals surface area contributed by atoms with Crippen LogP contribution in [0.25, 0.3) is 0 Å². The summed E-state index contributed by atoms with van der Waals surface area (Å²) in [6.07, 6.45) is 1.68. The quantitative estimate of drug-likeness (QED) is 0.663. The molecule has 2 heterocycles. The summed E-state index contributed by atoms with van der Waals surface area (Å²) in [4.78, 5) is 18.5. The van der Waals surface area contributed by atoms with Crippen LogP contribution in [0.1, 0.15) is 16.1 Å². The van der Waals surface area contributed by atoms with Gasteiger partial charge in [-0.25, -0.2) is 4.98 Å². The first-order chi connectivity index (χ1) is 10.4. The fourth-order valence-electron chi connectivity index (χ4n) is 2.12. The maximum Gasteiger partial charge on any atom is 0.271 e. The van der Waals surface area contributed by atoms with E-state index >= 15 is 0 Å². The Morgan fingerprint density at radius 1 is 1.36 bits per heavy atom. The van der Waals surface area contributed by atoms with Crippen LogP contribution < -0.4 is 10.2 Å². The Balaban J connectivity index is 2.40. The van der Waals surface area contributed by atoms with E-state index < -0.39 is 8.07 Å². The monoisotopic (exact) mass is 317 g/mol. The van der Waals surface area contributed by atoms with E-state index in [9.17, 15) is 4.79 Å². The average Bonchev–Trinajstić information content (AvgIpc) is 2.52. The van der Waals surface area contributed by atoms with E-state index in [4.69, 9.17) is 4.74 Å². The third-order valence-electron chi connectivity index (χ3n) is 3.24. The molecule has 6 heteroatoms. The molecular formula is C16H23N3O2Si. The minimum absolute atomic E-state index is 0.175. The van der Waals surface area contributed by atoms with E-state index in [1.54, 1.807) is 13.2 Å². The van der Waals surface area contributed by atoms with Crippen LogP contribution in [0.4, 0.5) is 5.69 Å². The number of hydrogen-bond donors (Lipinski definition) is 1. The first-order valence-electron chi connectivity index (χ1n) is 7.49. The van der Waals surface area contributed by atoms with Crippen molar-refractivity contribution in [1.29, 1.82) is 0 Å². The first kappa shape index (κ1) is 16.5. The number of carbonyl (C=O) groups is 1. The van der Waals surface area contributed by atoms with Gasteiger partial charge in [0.05, 0.1) is 18.9 Å². The van der Waals surface area contributed by atoms with E-state index in [0.717, 1.165) is 24.3 Å². The third-order valence-corrected chi connectivity index (χ3v) is 4.12. The highest BCUT2D eigenvalue weighted by Crippen LogP contribution is 2.21. The number of anilines is 1. The molecule has 1 aliphatic rings. The number of morpholine rings is 1. The van der Waals surface area contributed by atoms with Crippen molar-refractivity contribution in [2.75, 3.05) is 38.3 Å². The van der Waals surface area contributed by atoms with Gasteiger partial charge in [-0.3, -0.25) is 4.79 Å². The molecule has 1 saturated heterocycles. The molecule has 1 aromatic heterocycles. The van der Waals surface area contributed by atoms with Crippen LogP contribution in [-0.4, -0.2) is 52.3 Å². The van der Waals surface area contributed by atoms with Crippen LogP contribution in [0.2, 0.25) is 19.6 Å². The molecule has 0 aromatic carbocycles. The molecule has 0 aliphatic carbocycles. The second-order valence-electron chi connectivity index (χ2n) is 6.27. The number of nitrogens with one attached hydrogen (secondary N) is 1. The van der Waals surface area contributed by atoms with E-state index in [-0.39, 0.29) is 5.91 Å². The molecule has 0 unspecified atom stereocenters. The molecule has 2 rings (SSSR count). The van der Waals surface area contributed by atoms with Crippen molar-refractivity contribution >= 4 is 19.7 Å². The van der Waals surface area contributed by atoms with Gasteiger partial charge in [0.2, 0.25) is 0 Å². The number of aromatic nitrogens is 1. The summed E-state index contributed by atoms with van der Waals surface area (Å²) >= 11 is 0. The molecule has 1 N–H and O–H groups in total. The fraction of sp³-hybridized carbons (Fsp3) is 0.500. The molecule has 0 saturated carbocycles. The normalized spacial score (nSPS) is 15.0. The Kier molecular flexibility index (Phi) is 5.22. The lowest BCUT2D eigenvalue weighted by molar-refractivity contribution is 0.0956. The third kappa shape index (κ3) is 4.32. The second-order valence-corrected chi connectivity index (χ2v) is 11.0. The van der Waals surface area contributed by atoms with Gasteiger partial charge >= 0.3 is 0 Å². The van der Waals surface area contributed by atoms with Gasteiger partial charge in [-0.05, 0) is 6.07 Å². The lowest BCUT2D eigenvalue weighted by atomic mass is 10.2. The molecule has 22 heavy (non-hydrogen) atoms. The van der Waals surface area contributed by atoms with Gasteiger partial charge in [0.15, 0.2) is 5.69 Å².